The lowest BCUT2D eigenvalue weighted by atomic mass is 10.1. The maximum atomic E-state index is 11.2. The summed E-state index contributed by atoms with van der Waals surface area (Å²) in [5.74, 6) is -0.656. The minimum absolute atomic E-state index is 0.0727. The van der Waals surface area contributed by atoms with Crippen molar-refractivity contribution in [2.75, 3.05) is 0 Å². The van der Waals surface area contributed by atoms with E-state index in [-0.39, 0.29) is 6.42 Å². The summed E-state index contributed by atoms with van der Waals surface area (Å²) in [5, 5.41) is 0. The van der Waals surface area contributed by atoms with Crippen molar-refractivity contribution in [3.05, 3.63) is 0 Å². The predicted octanol–water partition coefficient (Wildman–Crippen LogP) is 0.308. The van der Waals surface area contributed by atoms with E-state index in [2.05, 4.69) is 0 Å². The van der Waals surface area contributed by atoms with Crippen molar-refractivity contribution >= 4 is 15.9 Å². The molecule has 13 heavy (non-hydrogen) atoms. The van der Waals surface area contributed by atoms with Crippen molar-refractivity contribution in [1.29, 1.82) is 0 Å². The van der Waals surface area contributed by atoms with E-state index in [9.17, 15) is 13.2 Å². The molecule has 1 atom stereocenters. The third kappa shape index (κ3) is 3.06. The number of carbonyl (C=O) groups excluding carboxylic acids is 1. The Morgan fingerprint density at radius 3 is 2.31 bits per heavy atom. The fourth-order valence-corrected chi connectivity index (χ4v) is 1.12. The Hall–Kier alpha value is -0.460. The van der Waals surface area contributed by atoms with E-state index in [1.807, 2.05) is 6.92 Å². The van der Waals surface area contributed by atoms with Crippen molar-refractivity contribution < 1.29 is 17.8 Å². The van der Waals surface area contributed by atoms with Gasteiger partial charge in [0.15, 0.2) is 10.7 Å². The topological polar surface area (TPSA) is 97.5 Å². The summed E-state index contributed by atoms with van der Waals surface area (Å²) in [6.07, 6.45) is 1.41. The number of rotatable bonds is 5. The molecule has 0 amide bonds. The molecule has 0 radical (unpaired) electrons. The van der Waals surface area contributed by atoms with Gasteiger partial charge in [-0.2, -0.15) is 8.42 Å². The molecule has 0 aromatic heterocycles. The summed E-state index contributed by atoms with van der Waals surface area (Å²) in [7, 11) is -4.50. The molecule has 0 aliphatic heterocycles. The average molecular weight is 209 g/mol. The highest BCUT2D eigenvalue weighted by Crippen LogP contribution is 2.13. The van der Waals surface area contributed by atoms with E-state index in [0.717, 1.165) is 13.3 Å². The lowest BCUT2D eigenvalue weighted by Crippen LogP contribution is -2.51. The van der Waals surface area contributed by atoms with E-state index in [4.69, 9.17) is 10.3 Å². The molecule has 0 fully saturated rings. The minimum atomic E-state index is -4.50. The van der Waals surface area contributed by atoms with Gasteiger partial charge in [-0.3, -0.25) is 9.35 Å². The highest BCUT2D eigenvalue weighted by atomic mass is 32.2. The third-order valence-corrected chi connectivity index (χ3v) is 3.15. The Bertz CT molecular complexity index is 281. The molecule has 0 heterocycles. The van der Waals surface area contributed by atoms with Crippen LogP contribution in [0.1, 0.15) is 33.1 Å². The van der Waals surface area contributed by atoms with Crippen molar-refractivity contribution in [3.8, 4) is 0 Å². The van der Waals surface area contributed by atoms with Gasteiger partial charge in [-0.15, -0.1) is 0 Å². The molecule has 0 rings (SSSR count). The molecule has 0 aliphatic carbocycles. The molecule has 0 aromatic carbocycles. The van der Waals surface area contributed by atoms with E-state index in [1.165, 1.54) is 0 Å². The highest BCUT2D eigenvalue weighted by Gasteiger charge is 2.40. The second-order valence-corrected chi connectivity index (χ2v) is 4.91. The van der Waals surface area contributed by atoms with Gasteiger partial charge in [0.05, 0.1) is 0 Å². The van der Waals surface area contributed by atoms with Crippen LogP contribution >= 0.6 is 0 Å². The Morgan fingerprint density at radius 2 is 2.00 bits per heavy atom. The maximum Gasteiger partial charge on any atom is 0.290 e. The van der Waals surface area contributed by atoms with Crippen LogP contribution in [0.5, 0.6) is 0 Å². The summed E-state index contributed by atoms with van der Waals surface area (Å²) >= 11 is 0. The zero-order valence-electron chi connectivity index (χ0n) is 7.78. The molecular weight excluding hydrogens is 194 g/mol. The first-order valence-electron chi connectivity index (χ1n) is 4.02. The molecule has 3 N–H and O–H groups in total. The molecule has 0 spiro atoms. The zero-order chi connectivity index (χ0) is 10.7. The summed E-state index contributed by atoms with van der Waals surface area (Å²) < 4.78 is 30.0. The molecule has 0 aliphatic rings. The summed E-state index contributed by atoms with van der Waals surface area (Å²) in [6.45, 7) is 2.87. The van der Waals surface area contributed by atoms with Crippen LogP contribution in [0.25, 0.3) is 0 Å². The summed E-state index contributed by atoms with van der Waals surface area (Å²) in [6, 6.07) is 0. The second-order valence-electron chi connectivity index (χ2n) is 3.11. The molecular formula is C7H15NO4S. The smallest absolute Gasteiger partial charge is 0.290 e. The van der Waals surface area contributed by atoms with E-state index in [0.29, 0.717) is 6.42 Å². The monoisotopic (exact) mass is 209 g/mol. The van der Waals surface area contributed by atoms with Gasteiger partial charge in [-0.05, 0) is 13.3 Å². The SMILES string of the molecule is CCCCC(=O)C(C)(N)S(=O)(=O)O. The molecule has 78 valence electrons. The van der Waals surface area contributed by atoms with Crippen molar-refractivity contribution in [1.82, 2.24) is 0 Å². The van der Waals surface area contributed by atoms with Gasteiger partial charge < -0.3 is 5.73 Å². The van der Waals surface area contributed by atoms with Crippen LogP contribution in [0.2, 0.25) is 0 Å². The quantitative estimate of drug-likeness (QED) is 0.635. The predicted molar refractivity (Wildman–Crippen MR) is 48.7 cm³/mol. The summed E-state index contributed by atoms with van der Waals surface area (Å²) in [4.78, 5) is 9.04. The largest absolute Gasteiger partial charge is 0.305 e. The van der Waals surface area contributed by atoms with Crippen LogP contribution in [0.15, 0.2) is 0 Å². The van der Waals surface area contributed by atoms with Crippen molar-refractivity contribution in [3.63, 3.8) is 0 Å². The van der Waals surface area contributed by atoms with E-state index < -0.39 is 20.8 Å². The molecule has 0 saturated heterocycles. The van der Waals surface area contributed by atoms with Gasteiger partial charge in [-0.25, -0.2) is 0 Å². The van der Waals surface area contributed by atoms with Crippen LogP contribution in [0.4, 0.5) is 0 Å². The first-order chi connectivity index (χ1) is 5.73. The first-order valence-corrected chi connectivity index (χ1v) is 5.46. The molecule has 0 saturated carbocycles. The lowest BCUT2D eigenvalue weighted by Gasteiger charge is -2.18. The van der Waals surface area contributed by atoms with Gasteiger partial charge in [0, 0.05) is 6.42 Å². The van der Waals surface area contributed by atoms with Gasteiger partial charge in [0.2, 0.25) is 0 Å². The van der Waals surface area contributed by atoms with Gasteiger partial charge >= 0.3 is 0 Å². The summed E-state index contributed by atoms with van der Waals surface area (Å²) in [5.41, 5.74) is 5.19. The maximum absolute atomic E-state index is 11.2. The Morgan fingerprint density at radius 1 is 1.54 bits per heavy atom. The normalized spacial score (nSPS) is 16.6. The van der Waals surface area contributed by atoms with Crippen LogP contribution in [-0.2, 0) is 14.9 Å². The second kappa shape index (κ2) is 4.17. The van der Waals surface area contributed by atoms with Crippen LogP contribution in [0.3, 0.4) is 0 Å². The van der Waals surface area contributed by atoms with Crippen molar-refractivity contribution in [2.24, 2.45) is 5.73 Å². The lowest BCUT2D eigenvalue weighted by molar-refractivity contribution is -0.121. The molecule has 0 bridgehead atoms. The highest BCUT2D eigenvalue weighted by molar-refractivity contribution is 7.88. The van der Waals surface area contributed by atoms with Gasteiger partial charge in [0.1, 0.15) is 0 Å². The van der Waals surface area contributed by atoms with Crippen LogP contribution in [-0.4, -0.2) is 23.6 Å². The fraction of sp³-hybridized carbons (Fsp3) is 0.857. The van der Waals surface area contributed by atoms with E-state index >= 15 is 0 Å². The fourth-order valence-electron chi connectivity index (χ4n) is 0.729. The molecule has 6 heteroatoms. The average Bonchev–Trinajstić information content (AvgIpc) is 1.97. The van der Waals surface area contributed by atoms with Gasteiger partial charge in [0.25, 0.3) is 10.1 Å². The number of ketones is 1. The molecule has 0 aromatic rings. The van der Waals surface area contributed by atoms with E-state index in [1.54, 1.807) is 0 Å². The number of hydrogen-bond acceptors (Lipinski definition) is 4. The zero-order valence-corrected chi connectivity index (χ0v) is 8.60. The third-order valence-electron chi connectivity index (χ3n) is 1.85. The number of unbranched alkanes of at least 4 members (excludes halogenated alkanes) is 1. The minimum Gasteiger partial charge on any atom is -0.305 e. The Labute approximate surface area is 78.1 Å². The number of Topliss-reactive ketones (excluding diaryl/α,β-unsaturated/α-hetero) is 1. The van der Waals surface area contributed by atoms with Crippen molar-refractivity contribution in [2.45, 2.75) is 38.0 Å². The molecule has 1 unspecified atom stereocenters. The number of carbonyl (C=O) groups is 1. The molecule has 5 nitrogen and oxygen atoms in total. The Balaban J connectivity index is 4.57. The Kier molecular flexibility index (Phi) is 4.02. The van der Waals surface area contributed by atoms with Gasteiger partial charge in [-0.1, -0.05) is 13.3 Å². The first kappa shape index (κ1) is 12.5. The van der Waals surface area contributed by atoms with Crippen LogP contribution < -0.4 is 5.73 Å². The van der Waals surface area contributed by atoms with Crippen LogP contribution in [0, 0.1) is 0 Å². The standard InChI is InChI=1S/C7H15NO4S/c1-3-4-5-6(9)7(2,8)13(10,11)12/h3-5,8H2,1-2H3,(H,10,11,12). The number of hydrogen-bond donors (Lipinski definition) is 2. The number of nitrogens with two attached hydrogens (primary N) is 1.